The maximum absolute atomic E-state index is 13.4. The van der Waals surface area contributed by atoms with Crippen LogP contribution in [-0.4, -0.2) is 22.8 Å². The molecule has 0 bridgehead atoms. The summed E-state index contributed by atoms with van der Waals surface area (Å²) in [5.41, 5.74) is 16.8. The van der Waals surface area contributed by atoms with Crippen molar-refractivity contribution >= 4 is 56.2 Å². The normalized spacial score (nSPS) is 16.0. The summed E-state index contributed by atoms with van der Waals surface area (Å²) in [6.07, 6.45) is 0.707. The van der Waals surface area contributed by atoms with E-state index in [4.69, 9.17) is 23.1 Å². The first-order valence-electron chi connectivity index (χ1n) is 9.14. The molecule has 5 rings (SSSR count). The van der Waals surface area contributed by atoms with Gasteiger partial charge < -0.3 is 21.4 Å². The molecule has 0 radical (unpaired) electrons. The highest BCUT2D eigenvalue weighted by molar-refractivity contribution is 6.20. The number of hydrogen-bond acceptors (Lipinski definition) is 3. The lowest BCUT2D eigenvalue weighted by molar-refractivity contribution is 0.0977. The number of benzene rings is 3. The average molecular weight is 391 g/mol. The molecule has 3 aromatic carbocycles. The van der Waals surface area contributed by atoms with Crippen LogP contribution >= 0.6 is 11.6 Å². The third-order valence-corrected chi connectivity index (χ3v) is 5.86. The van der Waals surface area contributed by atoms with E-state index >= 15 is 0 Å². The Bertz CT molecular complexity index is 1250. The zero-order valence-electron chi connectivity index (χ0n) is 15.1. The summed E-state index contributed by atoms with van der Waals surface area (Å²) in [5, 5.41) is 2.99. The summed E-state index contributed by atoms with van der Waals surface area (Å²) < 4.78 is 0. The lowest BCUT2D eigenvalue weighted by atomic mass is 10.00. The van der Waals surface area contributed by atoms with Gasteiger partial charge in [0.15, 0.2) is 0 Å². The lowest BCUT2D eigenvalue weighted by Gasteiger charge is -2.24. The maximum Gasteiger partial charge on any atom is 0.275 e. The number of amides is 1. The summed E-state index contributed by atoms with van der Waals surface area (Å²) in [4.78, 5) is 18.4. The molecule has 5 nitrogen and oxygen atoms in total. The minimum atomic E-state index is -0.120. The number of hydrogen-bond donors (Lipinski definition) is 3. The monoisotopic (exact) mass is 390 g/mol. The van der Waals surface area contributed by atoms with Crippen molar-refractivity contribution in [3.05, 3.63) is 65.9 Å². The van der Waals surface area contributed by atoms with Crippen LogP contribution in [0.5, 0.6) is 0 Å². The van der Waals surface area contributed by atoms with Crippen LogP contribution in [-0.2, 0) is 6.42 Å². The molecule has 140 valence electrons. The minimum Gasteiger partial charge on any atom is -0.399 e. The maximum atomic E-state index is 13.4. The van der Waals surface area contributed by atoms with E-state index < -0.39 is 0 Å². The Balaban J connectivity index is 1.65. The molecule has 0 fully saturated rings. The first-order chi connectivity index (χ1) is 13.6. The van der Waals surface area contributed by atoms with Gasteiger partial charge >= 0.3 is 0 Å². The molecule has 2 heterocycles. The smallest absolute Gasteiger partial charge is 0.275 e. The van der Waals surface area contributed by atoms with Crippen molar-refractivity contribution in [2.45, 2.75) is 12.5 Å². The first kappa shape index (κ1) is 17.0. The number of alkyl halides is 1. The average Bonchev–Trinajstić information content (AvgIpc) is 3.28. The number of nitrogens with one attached hydrogen (secondary N) is 1. The third kappa shape index (κ3) is 2.43. The Kier molecular flexibility index (Phi) is 3.74. The van der Waals surface area contributed by atoms with Gasteiger partial charge in [-0.25, -0.2) is 0 Å². The van der Waals surface area contributed by atoms with Crippen molar-refractivity contribution in [2.75, 3.05) is 22.2 Å². The molecule has 0 saturated heterocycles. The molecule has 1 atom stereocenters. The van der Waals surface area contributed by atoms with E-state index in [0.29, 0.717) is 29.4 Å². The van der Waals surface area contributed by atoms with Crippen LogP contribution in [0, 0.1) is 0 Å². The van der Waals surface area contributed by atoms with Gasteiger partial charge in [-0.15, -0.1) is 11.6 Å². The molecular weight excluding hydrogens is 372 g/mol. The standard InChI is InChI=1S/C22H19ClN4O/c23-11-14-9-17-15-3-1-2-4-16(15)18(25)10-21(17)27(14)22(28)20-8-12-7-13(24)5-6-19(12)26-20/h1-8,10,14,26H,9,11,24-25H2. The molecule has 6 heteroatoms. The lowest BCUT2D eigenvalue weighted by Crippen LogP contribution is -2.39. The number of H-pyrrole nitrogens is 1. The number of anilines is 3. The molecule has 1 amide bonds. The van der Waals surface area contributed by atoms with Crippen molar-refractivity contribution < 1.29 is 4.79 Å². The van der Waals surface area contributed by atoms with Crippen molar-refractivity contribution in [2.24, 2.45) is 0 Å². The van der Waals surface area contributed by atoms with Crippen LogP contribution in [0.1, 0.15) is 16.1 Å². The number of nitrogen functional groups attached to an aromatic ring is 2. The Hall–Kier alpha value is -3.18. The number of aromatic nitrogens is 1. The van der Waals surface area contributed by atoms with Gasteiger partial charge in [-0.1, -0.05) is 24.3 Å². The summed E-state index contributed by atoms with van der Waals surface area (Å²) in [6, 6.07) is 17.2. The largest absolute Gasteiger partial charge is 0.399 e. The van der Waals surface area contributed by atoms with Crippen LogP contribution in [0.15, 0.2) is 54.6 Å². The van der Waals surface area contributed by atoms with Gasteiger partial charge in [-0.2, -0.15) is 0 Å². The van der Waals surface area contributed by atoms with Gasteiger partial charge in [0.2, 0.25) is 0 Å². The molecule has 0 saturated carbocycles. The Morgan fingerprint density at radius 2 is 1.89 bits per heavy atom. The first-order valence-corrected chi connectivity index (χ1v) is 9.68. The highest BCUT2D eigenvalue weighted by atomic mass is 35.5. The van der Waals surface area contributed by atoms with Gasteiger partial charge in [0.05, 0.1) is 11.7 Å². The molecular formula is C22H19ClN4O. The number of carbonyl (C=O) groups excluding carboxylic acids is 1. The Morgan fingerprint density at radius 3 is 2.68 bits per heavy atom. The number of rotatable bonds is 2. The van der Waals surface area contributed by atoms with Gasteiger partial charge in [-0.05, 0) is 47.7 Å². The fraction of sp³-hybridized carbons (Fsp3) is 0.136. The van der Waals surface area contributed by atoms with Gasteiger partial charge in [0.1, 0.15) is 5.69 Å². The van der Waals surface area contributed by atoms with Crippen molar-refractivity contribution in [1.29, 1.82) is 0 Å². The topological polar surface area (TPSA) is 88.1 Å². The second-order valence-electron chi connectivity index (χ2n) is 7.23. The summed E-state index contributed by atoms with van der Waals surface area (Å²) in [5.74, 6) is 0.232. The molecule has 1 aliphatic rings. The highest BCUT2D eigenvalue weighted by Crippen LogP contribution is 2.41. The Morgan fingerprint density at radius 1 is 1.11 bits per heavy atom. The zero-order valence-corrected chi connectivity index (χ0v) is 15.8. The quantitative estimate of drug-likeness (QED) is 0.352. The van der Waals surface area contributed by atoms with E-state index in [1.165, 1.54) is 0 Å². The third-order valence-electron chi connectivity index (χ3n) is 5.50. The van der Waals surface area contributed by atoms with E-state index in [-0.39, 0.29) is 11.9 Å². The number of nitrogens with zero attached hydrogens (tertiary/aromatic N) is 1. The summed E-state index contributed by atoms with van der Waals surface area (Å²) in [7, 11) is 0. The molecule has 0 spiro atoms. The minimum absolute atomic E-state index is 0.117. The van der Waals surface area contributed by atoms with Crippen LogP contribution in [0.3, 0.4) is 0 Å². The SMILES string of the molecule is Nc1ccc2[nH]c(C(=O)N3c4cc(N)c5ccccc5c4CC3CCl)cc2c1. The molecule has 5 N–H and O–H groups in total. The van der Waals surface area contributed by atoms with Crippen LogP contribution in [0.25, 0.3) is 21.7 Å². The van der Waals surface area contributed by atoms with Gasteiger partial charge in [-0.3, -0.25) is 4.79 Å². The van der Waals surface area contributed by atoms with Gasteiger partial charge in [0, 0.05) is 33.5 Å². The predicted octanol–water partition coefficient (Wildman–Crippen LogP) is 4.30. The number of nitrogens with two attached hydrogens (primary N) is 2. The predicted molar refractivity (Wildman–Crippen MR) is 116 cm³/mol. The molecule has 28 heavy (non-hydrogen) atoms. The molecule has 0 aliphatic carbocycles. The molecule has 1 aromatic heterocycles. The van der Waals surface area contributed by atoms with E-state index in [1.54, 1.807) is 4.90 Å². The summed E-state index contributed by atoms with van der Waals surface area (Å²) in [6.45, 7) is 0. The number of halogens is 1. The van der Waals surface area contributed by atoms with Crippen molar-refractivity contribution in [1.82, 2.24) is 4.98 Å². The molecule has 1 unspecified atom stereocenters. The van der Waals surface area contributed by atoms with E-state index in [2.05, 4.69) is 11.1 Å². The highest BCUT2D eigenvalue weighted by Gasteiger charge is 2.36. The van der Waals surface area contributed by atoms with E-state index in [1.807, 2.05) is 48.5 Å². The Labute approximate surface area is 166 Å². The van der Waals surface area contributed by atoms with Crippen LogP contribution in [0.2, 0.25) is 0 Å². The second kappa shape index (κ2) is 6.17. The van der Waals surface area contributed by atoms with E-state index in [0.717, 1.165) is 32.9 Å². The molecule has 1 aliphatic heterocycles. The van der Waals surface area contributed by atoms with Crippen LogP contribution in [0.4, 0.5) is 17.1 Å². The number of carbonyl (C=O) groups is 1. The fourth-order valence-corrected chi connectivity index (χ4v) is 4.44. The second-order valence-corrected chi connectivity index (χ2v) is 7.53. The van der Waals surface area contributed by atoms with Crippen molar-refractivity contribution in [3.8, 4) is 0 Å². The summed E-state index contributed by atoms with van der Waals surface area (Å²) >= 11 is 6.26. The fourth-order valence-electron chi connectivity index (χ4n) is 4.20. The van der Waals surface area contributed by atoms with Crippen molar-refractivity contribution in [3.63, 3.8) is 0 Å². The number of aromatic amines is 1. The molecule has 4 aromatic rings. The van der Waals surface area contributed by atoms with Gasteiger partial charge in [0.25, 0.3) is 5.91 Å². The number of fused-ring (bicyclic) bond motifs is 4. The zero-order chi connectivity index (χ0) is 19.4. The van der Waals surface area contributed by atoms with E-state index in [9.17, 15) is 4.79 Å². The van der Waals surface area contributed by atoms with Crippen LogP contribution < -0.4 is 16.4 Å².